The van der Waals surface area contributed by atoms with Crippen molar-refractivity contribution >= 4 is 21.7 Å². The molecule has 19 heavy (non-hydrogen) atoms. The molecule has 0 aliphatic heterocycles. The van der Waals surface area contributed by atoms with E-state index >= 15 is 0 Å². The van der Waals surface area contributed by atoms with Gasteiger partial charge in [0.05, 0.1) is 11.8 Å². The highest BCUT2D eigenvalue weighted by atomic mass is 32.2. The first-order chi connectivity index (χ1) is 8.53. The molecular formula is C11H22N2O5S. The van der Waals surface area contributed by atoms with Gasteiger partial charge in [-0.15, -0.1) is 0 Å². The van der Waals surface area contributed by atoms with E-state index in [2.05, 4.69) is 5.32 Å². The Morgan fingerprint density at radius 3 is 2.21 bits per heavy atom. The highest BCUT2D eigenvalue weighted by Crippen LogP contribution is 2.05. The van der Waals surface area contributed by atoms with Gasteiger partial charge in [0, 0.05) is 6.26 Å². The smallest absolute Gasteiger partial charge is 0.326 e. The molecule has 0 bridgehead atoms. The van der Waals surface area contributed by atoms with Crippen LogP contribution >= 0.6 is 0 Å². The van der Waals surface area contributed by atoms with E-state index in [4.69, 9.17) is 10.8 Å². The molecule has 1 amide bonds. The average Bonchev–Trinajstić information content (AvgIpc) is 2.22. The molecule has 0 saturated heterocycles. The van der Waals surface area contributed by atoms with E-state index in [0.29, 0.717) is 6.42 Å². The van der Waals surface area contributed by atoms with Crippen LogP contribution in [0.4, 0.5) is 0 Å². The minimum atomic E-state index is -3.19. The normalized spacial score (nSPS) is 15.0. The van der Waals surface area contributed by atoms with Gasteiger partial charge in [-0.3, -0.25) is 4.79 Å². The summed E-state index contributed by atoms with van der Waals surface area (Å²) in [6.07, 6.45) is 1.31. The van der Waals surface area contributed by atoms with Gasteiger partial charge in [-0.2, -0.15) is 0 Å². The Labute approximate surface area is 113 Å². The predicted molar refractivity (Wildman–Crippen MR) is 71.3 cm³/mol. The van der Waals surface area contributed by atoms with E-state index in [1.54, 1.807) is 0 Å². The van der Waals surface area contributed by atoms with Crippen molar-refractivity contribution in [2.24, 2.45) is 11.7 Å². The number of carboxylic acids is 1. The number of nitrogens with one attached hydrogen (secondary N) is 1. The molecular weight excluding hydrogens is 272 g/mol. The lowest BCUT2D eigenvalue weighted by molar-refractivity contribution is -0.142. The molecule has 0 rings (SSSR count). The summed E-state index contributed by atoms with van der Waals surface area (Å²) >= 11 is 0. The van der Waals surface area contributed by atoms with Crippen LogP contribution in [0.1, 0.15) is 26.7 Å². The second-order valence-corrected chi connectivity index (χ2v) is 7.31. The van der Waals surface area contributed by atoms with Crippen molar-refractivity contribution in [1.82, 2.24) is 5.32 Å². The third-order valence-corrected chi connectivity index (χ3v) is 3.44. The minimum Gasteiger partial charge on any atom is -0.480 e. The first-order valence-electron chi connectivity index (χ1n) is 5.99. The van der Waals surface area contributed by atoms with Gasteiger partial charge in [0.25, 0.3) is 0 Å². The number of carbonyl (C=O) groups excluding carboxylic acids is 1. The fourth-order valence-corrected chi connectivity index (χ4v) is 2.13. The monoisotopic (exact) mass is 294 g/mol. The van der Waals surface area contributed by atoms with E-state index in [1.165, 1.54) is 0 Å². The molecule has 0 aromatic carbocycles. The Morgan fingerprint density at radius 2 is 1.84 bits per heavy atom. The summed E-state index contributed by atoms with van der Waals surface area (Å²) in [6.45, 7) is 3.68. The Morgan fingerprint density at radius 1 is 1.32 bits per heavy atom. The molecule has 0 aliphatic rings. The molecule has 2 atom stereocenters. The standard InChI is InChI=1S/C11H22N2O5S/c1-7(2)6-9(11(15)16)13-10(14)8(12)4-5-19(3,17)18/h7-9H,4-6,12H2,1-3H3,(H,13,14)(H,15,16). The lowest BCUT2D eigenvalue weighted by atomic mass is 10.0. The molecule has 0 fully saturated rings. The zero-order valence-corrected chi connectivity index (χ0v) is 12.2. The maximum Gasteiger partial charge on any atom is 0.326 e. The Balaban J connectivity index is 4.43. The molecule has 4 N–H and O–H groups in total. The van der Waals surface area contributed by atoms with Crippen molar-refractivity contribution in [3.8, 4) is 0 Å². The van der Waals surface area contributed by atoms with Crippen LogP contribution in [-0.2, 0) is 19.4 Å². The van der Waals surface area contributed by atoms with Gasteiger partial charge in [0.1, 0.15) is 15.9 Å². The molecule has 0 heterocycles. The number of amides is 1. The van der Waals surface area contributed by atoms with Crippen LogP contribution in [0.15, 0.2) is 0 Å². The Bertz CT molecular complexity index is 419. The van der Waals surface area contributed by atoms with E-state index < -0.39 is 33.8 Å². The average molecular weight is 294 g/mol. The van der Waals surface area contributed by atoms with Crippen molar-refractivity contribution in [3.63, 3.8) is 0 Å². The number of rotatable bonds is 8. The summed E-state index contributed by atoms with van der Waals surface area (Å²) in [4.78, 5) is 22.6. The topological polar surface area (TPSA) is 127 Å². The number of hydrogen-bond acceptors (Lipinski definition) is 5. The van der Waals surface area contributed by atoms with Crippen LogP contribution in [0.5, 0.6) is 0 Å². The van der Waals surface area contributed by atoms with Crippen LogP contribution in [0.3, 0.4) is 0 Å². The fraction of sp³-hybridized carbons (Fsp3) is 0.818. The summed E-state index contributed by atoms with van der Waals surface area (Å²) in [6, 6.07) is -2.03. The van der Waals surface area contributed by atoms with Crippen LogP contribution < -0.4 is 11.1 Å². The van der Waals surface area contributed by atoms with Gasteiger partial charge in [-0.05, 0) is 18.8 Å². The summed E-state index contributed by atoms with van der Waals surface area (Å²) < 4.78 is 21.9. The van der Waals surface area contributed by atoms with Crippen LogP contribution in [0.25, 0.3) is 0 Å². The molecule has 112 valence electrons. The molecule has 7 nitrogen and oxygen atoms in total. The third kappa shape index (κ3) is 8.55. The number of carbonyl (C=O) groups is 2. The molecule has 0 spiro atoms. The van der Waals surface area contributed by atoms with E-state index in [-0.39, 0.29) is 18.1 Å². The zero-order chi connectivity index (χ0) is 15.2. The molecule has 0 aromatic rings. The van der Waals surface area contributed by atoms with Gasteiger partial charge in [-0.1, -0.05) is 13.8 Å². The second kappa shape index (κ2) is 7.44. The van der Waals surface area contributed by atoms with Crippen molar-refractivity contribution in [1.29, 1.82) is 0 Å². The molecule has 2 unspecified atom stereocenters. The number of hydrogen-bond donors (Lipinski definition) is 3. The van der Waals surface area contributed by atoms with Gasteiger partial charge in [0.2, 0.25) is 5.91 Å². The summed E-state index contributed by atoms with van der Waals surface area (Å²) in [7, 11) is -3.19. The molecule has 0 aromatic heterocycles. The first kappa shape index (κ1) is 17.8. The number of aliphatic carboxylic acids is 1. The number of sulfone groups is 1. The van der Waals surface area contributed by atoms with E-state index in [0.717, 1.165) is 6.26 Å². The highest BCUT2D eigenvalue weighted by molar-refractivity contribution is 7.90. The van der Waals surface area contributed by atoms with Gasteiger partial charge in [0.15, 0.2) is 0 Å². The van der Waals surface area contributed by atoms with Crippen molar-refractivity contribution < 1.29 is 23.1 Å². The summed E-state index contributed by atoms with van der Waals surface area (Å²) in [5, 5.41) is 11.3. The van der Waals surface area contributed by atoms with Crippen molar-refractivity contribution in [3.05, 3.63) is 0 Å². The number of carboxylic acid groups (broad SMARTS) is 1. The fourth-order valence-electron chi connectivity index (χ4n) is 1.44. The Hall–Kier alpha value is -1.15. The number of nitrogens with two attached hydrogens (primary N) is 1. The zero-order valence-electron chi connectivity index (χ0n) is 11.4. The maximum atomic E-state index is 11.7. The summed E-state index contributed by atoms with van der Waals surface area (Å²) in [5.41, 5.74) is 5.53. The quantitative estimate of drug-likeness (QED) is 0.547. The van der Waals surface area contributed by atoms with Crippen LogP contribution in [0, 0.1) is 5.92 Å². The van der Waals surface area contributed by atoms with Crippen molar-refractivity contribution in [2.75, 3.05) is 12.0 Å². The highest BCUT2D eigenvalue weighted by Gasteiger charge is 2.24. The minimum absolute atomic E-state index is 0.0291. The predicted octanol–water partition coefficient (Wildman–Crippen LogP) is -0.636. The second-order valence-electron chi connectivity index (χ2n) is 5.05. The first-order valence-corrected chi connectivity index (χ1v) is 8.05. The molecule has 8 heteroatoms. The molecule has 0 saturated carbocycles. The molecule has 0 aliphatic carbocycles. The van der Waals surface area contributed by atoms with Gasteiger partial charge >= 0.3 is 5.97 Å². The molecule has 0 radical (unpaired) electrons. The van der Waals surface area contributed by atoms with Crippen molar-refractivity contribution in [2.45, 2.75) is 38.8 Å². The maximum absolute atomic E-state index is 11.7. The third-order valence-electron chi connectivity index (χ3n) is 2.46. The SMILES string of the molecule is CC(C)CC(NC(=O)C(N)CCS(C)(=O)=O)C(=O)O. The van der Waals surface area contributed by atoms with Crippen LogP contribution in [-0.4, -0.2) is 49.5 Å². The van der Waals surface area contributed by atoms with E-state index in [1.807, 2.05) is 13.8 Å². The van der Waals surface area contributed by atoms with E-state index in [9.17, 15) is 18.0 Å². The largest absolute Gasteiger partial charge is 0.480 e. The summed E-state index contributed by atoms with van der Waals surface area (Å²) in [5.74, 6) is -1.87. The lowest BCUT2D eigenvalue weighted by Crippen LogP contribution is -2.49. The van der Waals surface area contributed by atoms with Crippen LogP contribution in [0.2, 0.25) is 0 Å². The Kier molecular flexibility index (Phi) is 6.99. The van der Waals surface area contributed by atoms with Gasteiger partial charge < -0.3 is 16.2 Å². The lowest BCUT2D eigenvalue weighted by Gasteiger charge is -2.19. The van der Waals surface area contributed by atoms with Gasteiger partial charge in [-0.25, -0.2) is 13.2 Å².